The maximum Gasteiger partial charge on any atom is 0.0989 e. The summed E-state index contributed by atoms with van der Waals surface area (Å²) in [6.07, 6.45) is 4.34. The highest BCUT2D eigenvalue weighted by molar-refractivity contribution is 5.02. The zero-order valence-electron chi connectivity index (χ0n) is 5.71. The maximum absolute atomic E-state index is 5.43. The van der Waals surface area contributed by atoms with E-state index >= 15 is 0 Å². The summed E-state index contributed by atoms with van der Waals surface area (Å²) >= 11 is 0. The van der Waals surface area contributed by atoms with Crippen LogP contribution in [0.2, 0.25) is 0 Å². The van der Waals surface area contributed by atoms with Crippen LogP contribution in [0.15, 0.2) is 12.3 Å². The van der Waals surface area contributed by atoms with Gasteiger partial charge in [0, 0.05) is 12.8 Å². The summed E-state index contributed by atoms with van der Waals surface area (Å²) < 4.78 is 5.43. The van der Waals surface area contributed by atoms with E-state index in [4.69, 9.17) is 4.74 Å². The highest BCUT2D eigenvalue weighted by atomic mass is 16.5. The monoisotopic (exact) mass is 138 g/mol. The maximum atomic E-state index is 5.43. The molecule has 0 spiro atoms. The third kappa shape index (κ3) is 0.926. The van der Waals surface area contributed by atoms with E-state index < -0.39 is 0 Å². The Kier molecular flexibility index (Phi) is 1.43. The Morgan fingerprint density at radius 1 is 1.70 bits per heavy atom. The summed E-state index contributed by atoms with van der Waals surface area (Å²) in [4.78, 5) is 0. The number of aromatic nitrogens is 2. The molecule has 0 aromatic carbocycles. The normalized spacial score (nSPS) is 25.4. The van der Waals surface area contributed by atoms with Gasteiger partial charge in [-0.15, -0.1) is 0 Å². The molecule has 1 saturated heterocycles. The van der Waals surface area contributed by atoms with Crippen LogP contribution < -0.4 is 0 Å². The lowest BCUT2D eigenvalue weighted by Crippen LogP contribution is -1.95. The lowest BCUT2D eigenvalue weighted by molar-refractivity contribution is 0.108. The number of rotatable bonds is 1. The van der Waals surface area contributed by atoms with Crippen LogP contribution >= 0.6 is 0 Å². The zero-order chi connectivity index (χ0) is 6.81. The largest absolute Gasteiger partial charge is 0.372 e. The second kappa shape index (κ2) is 2.42. The second-order valence-corrected chi connectivity index (χ2v) is 2.51. The summed E-state index contributed by atoms with van der Waals surface area (Å²) in [5.41, 5.74) is 1.11. The van der Waals surface area contributed by atoms with Gasteiger partial charge in [0.2, 0.25) is 0 Å². The molecule has 0 saturated carbocycles. The van der Waals surface area contributed by atoms with Crippen LogP contribution in [0.1, 0.15) is 24.6 Å². The van der Waals surface area contributed by atoms with Gasteiger partial charge >= 0.3 is 0 Å². The van der Waals surface area contributed by atoms with Crippen LogP contribution in [0, 0.1) is 0 Å². The molecule has 54 valence electrons. The standard InChI is InChI=1S/C7H10N2O/c1-2-7(10-5-1)6-3-4-8-9-6/h3-4,7H,1-2,5H2,(H,8,9). The highest BCUT2D eigenvalue weighted by Crippen LogP contribution is 2.26. The smallest absolute Gasteiger partial charge is 0.0989 e. The summed E-state index contributed by atoms with van der Waals surface area (Å²) in [5.74, 6) is 0. The van der Waals surface area contributed by atoms with Gasteiger partial charge in [0.05, 0.1) is 11.8 Å². The van der Waals surface area contributed by atoms with Crippen LogP contribution in [0.4, 0.5) is 0 Å². The number of hydrogen-bond donors (Lipinski definition) is 1. The van der Waals surface area contributed by atoms with Gasteiger partial charge in [-0.05, 0) is 18.9 Å². The molecule has 1 atom stereocenters. The molecule has 1 aromatic heterocycles. The van der Waals surface area contributed by atoms with E-state index in [2.05, 4.69) is 10.2 Å². The van der Waals surface area contributed by atoms with Crippen molar-refractivity contribution in [2.24, 2.45) is 0 Å². The van der Waals surface area contributed by atoms with Gasteiger partial charge in [-0.3, -0.25) is 5.10 Å². The lowest BCUT2D eigenvalue weighted by atomic mass is 10.2. The molecule has 0 bridgehead atoms. The Morgan fingerprint density at radius 3 is 3.30 bits per heavy atom. The van der Waals surface area contributed by atoms with E-state index in [-0.39, 0.29) is 6.10 Å². The van der Waals surface area contributed by atoms with Crippen molar-refractivity contribution in [3.05, 3.63) is 18.0 Å². The first-order valence-corrected chi connectivity index (χ1v) is 3.58. The number of aromatic amines is 1. The minimum atomic E-state index is 0.280. The van der Waals surface area contributed by atoms with E-state index in [9.17, 15) is 0 Å². The molecule has 2 rings (SSSR count). The quantitative estimate of drug-likeness (QED) is 0.634. The Labute approximate surface area is 59.4 Å². The molecule has 0 aliphatic carbocycles. The van der Waals surface area contributed by atoms with E-state index in [1.54, 1.807) is 6.20 Å². The van der Waals surface area contributed by atoms with Crippen molar-refractivity contribution in [2.75, 3.05) is 6.61 Å². The molecule has 1 unspecified atom stereocenters. The predicted molar refractivity (Wildman–Crippen MR) is 36.5 cm³/mol. The number of nitrogens with one attached hydrogen (secondary N) is 1. The molecule has 1 N–H and O–H groups in total. The van der Waals surface area contributed by atoms with E-state index in [0.29, 0.717) is 0 Å². The lowest BCUT2D eigenvalue weighted by Gasteiger charge is -2.03. The van der Waals surface area contributed by atoms with Gasteiger partial charge in [0.25, 0.3) is 0 Å². The third-order valence-corrected chi connectivity index (χ3v) is 1.80. The average molecular weight is 138 g/mol. The first-order valence-electron chi connectivity index (χ1n) is 3.58. The zero-order valence-corrected chi connectivity index (χ0v) is 5.71. The molecular weight excluding hydrogens is 128 g/mol. The van der Waals surface area contributed by atoms with Crippen molar-refractivity contribution in [3.63, 3.8) is 0 Å². The molecule has 1 fully saturated rings. The van der Waals surface area contributed by atoms with Gasteiger partial charge in [-0.1, -0.05) is 0 Å². The van der Waals surface area contributed by atoms with Crippen LogP contribution in [-0.4, -0.2) is 16.8 Å². The van der Waals surface area contributed by atoms with Crippen LogP contribution in [0.5, 0.6) is 0 Å². The molecule has 3 heteroatoms. The van der Waals surface area contributed by atoms with Gasteiger partial charge < -0.3 is 4.74 Å². The van der Waals surface area contributed by atoms with E-state index in [1.807, 2.05) is 6.07 Å². The van der Waals surface area contributed by atoms with E-state index in [0.717, 1.165) is 18.7 Å². The van der Waals surface area contributed by atoms with Crippen LogP contribution in [0.25, 0.3) is 0 Å². The van der Waals surface area contributed by atoms with Crippen molar-refractivity contribution in [2.45, 2.75) is 18.9 Å². The minimum Gasteiger partial charge on any atom is -0.372 e. The number of H-pyrrole nitrogens is 1. The molecule has 0 radical (unpaired) electrons. The SMILES string of the molecule is c1cc(C2CCCO2)[nH]n1. The fourth-order valence-corrected chi connectivity index (χ4v) is 1.27. The fraction of sp³-hybridized carbons (Fsp3) is 0.571. The fourth-order valence-electron chi connectivity index (χ4n) is 1.27. The van der Waals surface area contributed by atoms with Gasteiger partial charge in [-0.25, -0.2) is 0 Å². The Bertz CT molecular complexity index is 189. The third-order valence-electron chi connectivity index (χ3n) is 1.80. The minimum absolute atomic E-state index is 0.280. The molecule has 3 nitrogen and oxygen atoms in total. The van der Waals surface area contributed by atoms with Gasteiger partial charge in [0.1, 0.15) is 0 Å². The molecular formula is C7H10N2O. The highest BCUT2D eigenvalue weighted by Gasteiger charge is 2.17. The van der Waals surface area contributed by atoms with Crippen LogP contribution in [-0.2, 0) is 4.74 Å². The topological polar surface area (TPSA) is 37.9 Å². The average Bonchev–Trinajstić information content (AvgIpc) is 2.59. The van der Waals surface area contributed by atoms with Crippen molar-refractivity contribution < 1.29 is 4.74 Å². The number of ether oxygens (including phenoxy) is 1. The van der Waals surface area contributed by atoms with Gasteiger partial charge in [0.15, 0.2) is 0 Å². The van der Waals surface area contributed by atoms with Crippen molar-refractivity contribution in [3.8, 4) is 0 Å². The summed E-state index contributed by atoms with van der Waals surface area (Å²) in [5, 5.41) is 6.77. The van der Waals surface area contributed by atoms with Crippen LogP contribution in [0.3, 0.4) is 0 Å². The summed E-state index contributed by atoms with van der Waals surface area (Å²) in [6, 6.07) is 1.97. The molecule has 10 heavy (non-hydrogen) atoms. The van der Waals surface area contributed by atoms with Crippen molar-refractivity contribution >= 4 is 0 Å². The predicted octanol–water partition coefficient (Wildman–Crippen LogP) is 1.26. The Balaban J connectivity index is 2.12. The molecule has 2 heterocycles. The van der Waals surface area contributed by atoms with Gasteiger partial charge in [-0.2, -0.15) is 5.10 Å². The molecule has 1 aromatic rings. The van der Waals surface area contributed by atoms with Crippen molar-refractivity contribution in [1.29, 1.82) is 0 Å². The Morgan fingerprint density at radius 2 is 2.70 bits per heavy atom. The van der Waals surface area contributed by atoms with Crippen molar-refractivity contribution in [1.82, 2.24) is 10.2 Å². The second-order valence-electron chi connectivity index (χ2n) is 2.51. The Hall–Kier alpha value is -0.830. The first-order chi connectivity index (χ1) is 4.97. The number of nitrogens with zero attached hydrogens (tertiary/aromatic N) is 1. The summed E-state index contributed by atoms with van der Waals surface area (Å²) in [6.45, 7) is 0.893. The molecule has 0 amide bonds. The summed E-state index contributed by atoms with van der Waals surface area (Å²) in [7, 11) is 0. The molecule has 1 aliphatic heterocycles. The van der Waals surface area contributed by atoms with E-state index in [1.165, 1.54) is 6.42 Å². The molecule has 1 aliphatic rings. The first kappa shape index (κ1) is 5.92. The number of hydrogen-bond acceptors (Lipinski definition) is 2.